The molecule has 0 radical (unpaired) electrons. The van der Waals surface area contributed by atoms with Crippen LogP contribution in [0.5, 0.6) is 0 Å². The van der Waals surface area contributed by atoms with Gasteiger partial charge in [-0.2, -0.15) is 0 Å². The molecular weight excluding hydrogens is 408 g/mol. The Labute approximate surface area is 191 Å². The maximum atomic E-state index is 13.4. The number of carbonyl (C=O) groups excluding carboxylic acids is 2. The van der Waals surface area contributed by atoms with E-state index in [1.807, 2.05) is 50.2 Å². The molecule has 0 saturated heterocycles. The van der Waals surface area contributed by atoms with Gasteiger partial charge in [-0.15, -0.1) is 0 Å². The number of nitrogens with zero attached hydrogens (tertiary/aromatic N) is 1. The van der Waals surface area contributed by atoms with Gasteiger partial charge in [-0.1, -0.05) is 79.7 Å². The van der Waals surface area contributed by atoms with Gasteiger partial charge in [0, 0.05) is 17.6 Å². The molecule has 0 heterocycles. The van der Waals surface area contributed by atoms with Gasteiger partial charge in [0.05, 0.1) is 6.42 Å². The van der Waals surface area contributed by atoms with Crippen LogP contribution in [0.15, 0.2) is 48.5 Å². The first-order valence-electron chi connectivity index (χ1n) is 11.4. The monoisotopic (exact) mass is 440 g/mol. The summed E-state index contributed by atoms with van der Waals surface area (Å²) in [5.74, 6) is -0.101. The average Bonchev–Trinajstić information content (AvgIpc) is 2.74. The summed E-state index contributed by atoms with van der Waals surface area (Å²) in [5.41, 5.74) is 3.03. The molecule has 0 aromatic heterocycles. The number of benzene rings is 2. The van der Waals surface area contributed by atoms with Gasteiger partial charge in [0.25, 0.3) is 0 Å². The SMILES string of the molecule is CCC(C(=O)NC1CCCCC1)N(Cc1cccc(C)c1)C(=O)Cc1cccc(Cl)c1. The minimum atomic E-state index is -0.492. The van der Waals surface area contributed by atoms with Gasteiger partial charge < -0.3 is 10.2 Å². The fourth-order valence-corrected chi connectivity index (χ4v) is 4.61. The van der Waals surface area contributed by atoms with Crippen molar-refractivity contribution in [3.63, 3.8) is 0 Å². The summed E-state index contributed by atoms with van der Waals surface area (Å²) in [6.45, 7) is 4.42. The maximum absolute atomic E-state index is 13.4. The molecule has 4 nitrogen and oxygen atoms in total. The van der Waals surface area contributed by atoms with E-state index in [9.17, 15) is 9.59 Å². The van der Waals surface area contributed by atoms with E-state index in [-0.39, 0.29) is 24.3 Å². The van der Waals surface area contributed by atoms with Gasteiger partial charge in [0.15, 0.2) is 0 Å². The highest BCUT2D eigenvalue weighted by atomic mass is 35.5. The molecule has 1 N–H and O–H groups in total. The Bertz CT molecular complexity index is 892. The number of hydrogen-bond donors (Lipinski definition) is 1. The molecule has 5 heteroatoms. The minimum absolute atomic E-state index is 0.0403. The van der Waals surface area contributed by atoms with Crippen molar-refractivity contribution in [2.45, 2.75) is 77.4 Å². The number of amides is 2. The zero-order chi connectivity index (χ0) is 22.2. The van der Waals surface area contributed by atoms with Crippen LogP contribution in [0.2, 0.25) is 5.02 Å². The minimum Gasteiger partial charge on any atom is -0.352 e. The number of carbonyl (C=O) groups is 2. The van der Waals surface area contributed by atoms with Crippen LogP contribution in [-0.2, 0) is 22.6 Å². The van der Waals surface area contributed by atoms with Crippen LogP contribution in [0.4, 0.5) is 0 Å². The van der Waals surface area contributed by atoms with Gasteiger partial charge in [-0.25, -0.2) is 0 Å². The number of rotatable bonds is 8. The summed E-state index contributed by atoms with van der Waals surface area (Å²) in [6, 6.07) is 15.2. The van der Waals surface area contributed by atoms with Crippen molar-refractivity contribution < 1.29 is 9.59 Å². The van der Waals surface area contributed by atoms with E-state index in [1.165, 1.54) is 6.42 Å². The molecular formula is C26H33ClN2O2. The first-order chi connectivity index (χ1) is 15.0. The molecule has 2 aromatic carbocycles. The Kier molecular flexibility index (Phi) is 8.53. The van der Waals surface area contributed by atoms with Crippen LogP contribution in [0, 0.1) is 6.92 Å². The van der Waals surface area contributed by atoms with E-state index in [2.05, 4.69) is 11.4 Å². The molecule has 0 aliphatic heterocycles. The lowest BCUT2D eigenvalue weighted by Gasteiger charge is -2.33. The van der Waals surface area contributed by atoms with Crippen molar-refractivity contribution in [3.05, 3.63) is 70.2 Å². The topological polar surface area (TPSA) is 49.4 Å². The molecule has 3 rings (SSSR count). The van der Waals surface area contributed by atoms with Gasteiger partial charge in [0.2, 0.25) is 11.8 Å². The van der Waals surface area contributed by atoms with Crippen molar-refractivity contribution in [3.8, 4) is 0 Å². The third kappa shape index (κ3) is 6.83. The molecule has 0 spiro atoms. The van der Waals surface area contributed by atoms with Gasteiger partial charge in [0.1, 0.15) is 6.04 Å². The second-order valence-electron chi connectivity index (χ2n) is 8.58. The van der Waals surface area contributed by atoms with Crippen molar-refractivity contribution in [1.29, 1.82) is 0 Å². The molecule has 31 heavy (non-hydrogen) atoms. The lowest BCUT2D eigenvalue weighted by atomic mass is 9.95. The fraction of sp³-hybridized carbons (Fsp3) is 0.462. The molecule has 1 unspecified atom stereocenters. The summed E-state index contributed by atoms with van der Waals surface area (Å²) in [4.78, 5) is 28.4. The summed E-state index contributed by atoms with van der Waals surface area (Å²) < 4.78 is 0. The number of halogens is 1. The van der Waals surface area contributed by atoms with E-state index in [1.54, 1.807) is 11.0 Å². The van der Waals surface area contributed by atoms with Crippen LogP contribution in [0.1, 0.15) is 62.1 Å². The van der Waals surface area contributed by atoms with Crippen LogP contribution in [-0.4, -0.2) is 28.8 Å². The quantitative estimate of drug-likeness (QED) is 0.593. The first kappa shape index (κ1) is 23.3. The van der Waals surface area contributed by atoms with Crippen molar-refractivity contribution in [2.24, 2.45) is 0 Å². The predicted molar refractivity (Wildman–Crippen MR) is 126 cm³/mol. The fourth-order valence-electron chi connectivity index (χ4n) is 4.39. The van der Waals surface area contributed by atoms with Crippen LogP contribution < -0.4 is 5.32 Å². The smallest absolute Gasteiger partial charge is 0.243 e. The highest BCUT2D eigenvalue weighted by molar-refractivity contribution is 6.30. The third-order valence-corrected chi connectivity index (χ3v) is 6.25. The molecule has 1 fully saturated rings. The summed E-state index contributed by atoms with van der Waals surface area (Å²) in [7, 11) is 0. The average molecular weight is 441 g/mol. The van der Waals surface area contributed by atoms with Crippen molar-refractivity contribution in [2.75, 3.05) is 0 Å². The normalized spacial score (nSPS) is 15.3. The standard InChI is InChI=1S/C26H33ClN2O2/c1-3-24(26(31)28-23-13-5-4-6-14-23)29(18-21-11-7-9-19(2)15-21)25(30)17-20-10-8-12-22(27)16-20/h7-12,15-16,23-24H,3-6,13-14,17-18H2,1-2H3,(H,28,31). The summed E-state index contributed by atoms with van der Waals surface area (Å²) in [5, 5.41) is 3.83. The molecule has 166 valence electrons. The lowest BCUT2D eigenvalue weighted by molar-refractivity contribution is -0.141. The van der Waals surface area contributed by atoms with Gasteiger partial charge in [-0.05, 0) is 49.4 Å². The molecule has 2 amide bonds. The highest BCUT2D eigenvalue weighted by Crippen LogP contribution is 2.20. The van der Waals surface area contributed by atoms with E-state index < -0.39 is 6.04 Å². The zero-order valence-electron chi connectivity index (χ0n) is 18.6. The number of aryl methyl sites for hydroxylation is 1. The number of nitrogens with one attached hydrogen (secondary N) is 1. The lowest BCUT2D eigenvalue weighted by Crippen LogP contribution is -2.51. The summed E-state index contributed by atoms with van der Waals surface area (Å²) in [6.07, 6.45) is 6.39. The maximum Gasteiger partial charge on any atom is 0.243 e. The van der Waals surface area contributed by atoms with Crippen LogP contribution in [0.25, 0.3) is 0 Å². The molecule has 1 saturated carbocycles. The van der Waals surface area contributed by atoms with Gasteiger partial charge in [-0.3, -0.25) is 9.59 Å². The van der Waals surface area contributed by atoms with Crippen LogP contribution in [0.3, 0.4) is 0 Å². The van der Waals surface area contributed by atoms with E-state index in [0.29, 0.717) is 18.0 Å². The van der Waals surface area contributed by atoms with E-state index in [0.717, 1.165) is 42.4 Å². The third-order valence-electron chi connectivity index (χ3n) is 6.02. The predicted octanol–water partition coefficient (Wildman–Crippen LogP) is 5.45. The zero-order valence-corrected chi connectivity index (χ0v) is 19.3. The van der Waals surface area contributed by atoms with Gasteiger partial charge >= 0.3 is 0 Å². The first-order valence-corrected chi connectivity index (χ1v) is 11.7. The van der Waals surface area contributed by atoms with Crippen molar-refractivity contribution in [1.82, 2.24) is 10.2 Å². The second kappa shape index (κ2) is 11.3. The Morgan fingerprint density at radius 3 is 2.45 bits per heavy atom. The number of hydrogen-bond acceptors (Lipinski definition) is 2. The highest BCUT2D eigenvalue weighted by Gasteiger charge is 2.30. The largest absolute Gasteiger partial charge is 0.352 e. The Morgan fingerprint density at radius 1 is 1.06 bits per heavy atom. The molecule has 1 atom stereocenters. The molecule has 0 bridgehead atoms. The Hall–Kier alpha value is -2.33. The van der Waals surface area contributed by atoms with Crippen LogP contribution >= 0.6 is 11.6 Å². The Balaban J connectivity index is 1.81. The van der Waals surface area contributed by atoms with Crippen molar-refractivity contribution >= 4 is 23.4 Å². The van der Waals surface area contributed by atoms with E-state index in [4.69, 9.17) is 11.6 Å². The molecule has 1 aliphatic rings. The second-order valence-corrected chi connectivity index (χ2v) is 9.02. The molecule has 1 aliphatic carbocycles. The Morgan fingerprint density at radius 2 is 1.77 bits per heavy atom. The molecule has 2 aromatic rings. The summed E-state index contributed by atoms with van der Waals surface area (Å²) >= 11 is 6.11. The van der Waals surface area contributed by atoms with E-state index >= 15 is 0 Å².